The van der Waals surface area contributed by atoms with E-state index >= 15 is 0 Å². The predicted molar refractivity (Wildman–Crippen MR) is 208 cm³/mol. The molecule has 0 radical (unpaired) electrons. The molecule has 0 aromatic heterocycles. The summed E-state index contributed by atoms with van der Waals surface area (Å²) in [7, 11) is -1.96. The molecule has 260 valence electrons. The molecular weight excluding hydrogens is 1030 g/mol. The van der Waals surface area contributed by atoms with Crippen molar-refractivity contribution in [3.05, 3.63) is 170 Å². The van der Waals surface area contributed by atoms with Gasteiger partial charge in [0, 0.05) is 96.1 Å². The first-order valence-corrected chi connectivity index (χ1v) is 24.5. The summed E-state index contributed by atoms with van der Waals surface area (Å²) in [5, 5.41) is 25.0. The molecule has 4 aromatic carbocycles. The van der Waals surface area contributed by atoms with Crippen LogP contribution in [0.15, 0.2) is 121 Å². The summed E-state index contributed by atoms with van der Waals surface area (Å²) in [6, 6.07) is 44.5. The second-order valence-electron chi connectivity index (χ2n) is 11.0. The Morgan fingerprint density at radius 1 is 0.312 bits per heavy atom. The zero-order chi connectivity index (χ0) is 35.8. The van der Waals surface area contributed by atoms with E-state index in [0.29, 0.717) is 0 Å². The second-order valence-corrected chi connectivity index (χ2v) is 23.0. The number of benzene rings is 4. The molecule has 0 saturated heterocycles. The van der Waals surface area contributed by atoms with E-state index in [0.717, 1.165) is 0 Å². The van der Waals surface area contributed by atoms with Crippen molar-refractivity contribution >= 4 is 31.7 Å². The van der Waals surface area contributed by atoms with Gasteiger partial charge < -0.3 is 47.3 Å². The van der Waals surface area contributed by atoms with E-state index in [4.69, 9.17) is 47.3 Å². The quantitative estimate of drug-likeness (QED) is 0.130. The summed E-state index contributed by atoms with van der Waals surface area (Å²) in [5.41, 5.74) is 6.05. The summed E-state index contributed by atoms with van der Waals surface area (Å²) in [4.78, 5) is 0.579. The normalized spacial score (nSPS) is 9.75. The van der Waals surface area contributed by atoms with Crippen molar-refractivity contribution in [2.75, 3.05) is 53.3 Å². The second kappa shape index (κ2) is 29.8. The number of nitrogens with zero attached hydrogens (tertiary/aromatic N) is 4. The van der Waals surface area contributed by atoms with Gasteiger partial charge in [0.1, 0.15) is 0 Å². The zero-order valence-corrected chi connectivity index (χ0v) is 37.5. The van der Waals surface area contributed by atoms with Crippen molar-refractivity contribution in [1.29, 1.82) is 21.0 Å². The molecule has 0 amide bonds. The van der Waals surface area contributed by atoms with Crippen molar-refractivity contribution in [3.63, 3.8) is 0 Å². The van der Waals surface area contributed by atoms with Crippen molar-refractivity contribution in [2.45, 2.75) is 9.79 Å². The summed E-state index contributed by atoms with van der Waals surface area (Å²) in [5.74, 6) is 0. The monoisotopic (exact) mass is 1070 g/mol. The van der Waals surface area contributed by atoms with Crippen molar-refractivity contribution in [2.24, 2.45) is 0 Å². The van der Waals surface area contributed by atoms with E-state index in [1.807, 2.05) is 0 Å². The molecule has 0 aliphatic carbocycles. The van der Waals surface area contributed by atoms with Gasteiger partial charge in [0.05, 0.1) is 53.3 Å². The Balaban J connectivity index is -0.000000323. The Labute approximate surface area is 325 Å². The molecule has 0 N–H and O–H groups in total. The topological polar surface area (TPSA) is 95.2 Å². The molecule has 0 aliphatic rings. The first-order valence-electron chi connectivity index (χ1n) is 14.5. The van der Waals surface area contributed by atoms with E-state index in [2.05, 4.69) is 175 Å². The Bertz CT molecular complexity index is 1190. The first kappa shape index (κ1) is 52.7. The minimum absolute atomic E-state index is 0. The molecule has 10 heteroatoms. The van der Waals surface area contributed by atoms with Crippen LogP contribution in [0.5, 0.6) is 0 Å². The smallest absolute Gasteiger partial charge is 0.220 e. The summed E-state index contributed by atoms with van der Waals surface area (Å²) >= 11 is 0. The van der Waals surface area contributed by atoms with Crippen LogP contribution in [-0.2, 0) is 51.9 Å². The van der Waals surface area contributed by atoms with Gasteiger partial charge in [-0.25, -0.2) is 0 Å². The minimum Gasteiger partial charge on any atom is -0.512 e. The standard InChI is InChI=1S/2C17H22P2.4CN.2Pt/c2*1-18(2)17(19(3)4,15-11-7-5-8-12-15)16-13-9-6-10-14-16;4*1-2;;/h2*5-14H,1-4H3;;;;;;/q;;4*-1;;/p+4. The van der Waals surface area contributed by atoms with Gasteiger partial charge in [-0.1, -0.05) is 121 Å². The van der Waals surface area contributed by atoms with Gasteiger partial charge in [-0.15, -0.1) is 0 Å². The van der Waals surface area contributed by atoms with E-state index in [-0.39, 0.29) is 51.9 Å². The van der Waals surface area contributed by atoms with Crippen molar-refractivity contribution < 1.29 is 42.1 Å². The number of rotatable bonds is 8. The third-order valence-electron chi connectivity index (χ3n) is 7.83. The SMILES string of the molecule is C[PH+](C)C(c1ccccc1)(c1ccccc1)[PH+](C)C.C[PH+](C)C(c1ccccc1)(c1ccccc1)[PH+](C)C.[C-]#N.[C-]#N.[C-]#N.[C-]#N.[Pt].[Pt]. The van der Waals surface area contributed by atoms with Crippen LogP contribution in [0.3, 0.4) is 0 Å². The van der Waals surface area contributed by atoms with Gasteiger partial charge in [-0.2, -0.15) is 0 Å². The van der Waals surface area contributed by atoms with E-state index in [1.54, 1.807) is 0 Å². The zero-order valence-electron chi connectivity index (χ0n) is 29.0. The molecule has 4 aromatic rings. The van der Waals surface area contributed by atoms with E-state index in [1.165, 1.54) is 22.3 Å². The Morgan fingerprint density at radius 3 is 0.542 bits per heavy atom. The molecule has 4 nitrogen and oxygen atoms in total. The molecule has 0 atom stereocenters. The maximum absolute atomic E-state index is 6.25. The summed E-state index contributed by atoms with van der Waals surface area (Å²) in [6.07, 6.45) is 0. The maximum Gasteiger partial charge on any atom is 0.220 e. The molecule has 0 spiro atoms. The fourth-order valence-electron chi connectivity index (χ4n) is 6.40. The number of hydrogen-bond donors (Lipinski definition) is 0. The predicted octanol–water partition coefficient (Wildman–Crippen LogP) is 10.1. The van der Waals surface area contributed by atoms with Crippen LogP contribution < -0.4 is 0 Å². The Kier molecular flexibility index (Phi) is 32.8. The minimum atomic E-state index is -0.491. The van der Waals surface area contributed by atoms with Crippen LogP contribution in [0, 0.1) is 47.3 Å². The van der Waals surface area contributed by atoms with Gasteiger partial charge in [0.15, 0.2) is 0 Å². The fourth-order valence-corrected chi connectivity index (χ4v) is 20.3. The summed E-state index contributed by atoms with van der Waals surface area (Å²) in [6.45, 7) is 38.7. The van der Waals surface area contributed by atoms with Crippen LogP contribution in [0.4, 0.5) is 0 Å². The van der Waals surface area contributed by atoms with Crippen LogP contribution in [0.2, 0.25) is 0 Å². The first-order chi connectivity index (χ1) is 22.2. The van der Waals surface area contributed by atoms with E-state index in [9.17, 15) is 0 Å². The van der Waals surface area contributed by atoms with Gasteiger partial charge in [-0.05, 0) is 0 Å². The van der Waals surface area contributed by atoms with Crippen LogP contribution >= 0.6 is 31.7 Å². The molecule has 48 heavy (non-hydrogen) atoms. The molecule has 0 saturated carbocycles. The Hall–Kier alpha value is -2.06. The van der Waals surface area contributed by atoms with Gasteiger partial charge in [0.25, 0.3) is 0 Å². The molecule has 0 aliphatic heterocycles. The van der Waals surface area contributed by atoms with Crippen molar-refractivity contribution in [3.8, 4) is 0 Å². The summed E-state index contributed by atoms with van der Waals surface area (Å²) < 4.78 is 0. The van der Waals surface area contributed by atoms with Gasteiger partial charge in [-0.3, -0.25) is 0 Å². The fraction of sp³-hybridized carbons (Fsp3) is 0.263. The molecule has 0 unspecified atom stereocenters. The average molecular weight is 1070 g/mol. The molecule has 4 rings (SSSR count). The third kappa shape index (κ3) is 13.3. The van der Waals surface area contributed by atoms with Gasteiger partial charge in [0.2, 0.25) is 9.79 Å². The molecular formula is C38H48N4P4Pt2. The van der Waals surface area contributed by atoms with Crippen LogP contribution in [-0.4, -0.2) is 53.3 Å². The van der Waals surface area contributed by atoms with Gasteiger partial charge >= 0.3 is 0 Å². The average Bonchev–Trinajstić information content (AvgIpc) is 3.11. The van der Waals surface area contributed by atoms with Crippen LogP contribution in [0.25, 0.3) is 0 Å². The third-order valence-corrected chi connectivity index (χ3v) is 22.1. The molecule has 0 fully saturated rings. The molecule has 0 bridgehead atoms. The van der Waals surface area contributed by atoms with E-state index < -0.39 is 31.7 Å². The largest absolute Gasteiger partial charge is 0.512 e. The van der Waals surface area contributed by atoms with Crippen molar-refractivity contribution in [1.82, 2.24) is 0 Å². The van der Waals surface area contributed by atoms with Crippen LogP contribution in [0.1, 0.15) is 22.3 Å². The Morgan fingerprint density at radius 2 is 0.438 bits per heavy atom. The number of hydrogen-bond acceptors (Lipinski definition) is 4. The molecule has 0 heterocycles. The maximum atomic E-state index is 6.25.